The normalized spacial score (nSPS) is 11.8. The SMILES string of the molecule is CC(C)CNCCn1c(Sc2ccc3occc3c2)nc2c(N)ncnc21. The van der Waals surface area contributed by atoms with Gasteiger partial charge in [0.1, 0.15) is 11.9 Å². The zero-order chi connectivity index (χ0) is 18.8. The van der Waals surface area contributed by atoms with Crippen molar-refractivity contribution in [2.24, 2.45) is 5.92 Å². The second kappa shape index (κ2) is 7.58. The third-order valence-corrected chi connectivity index (χ3v) is 5.21. The first-order valence-corrected chi connectivity index (χ1v) is 9.76. The van der Waals surface area contributed by atoms with Crippen LogP contribution in [0.25, 0.3) is 22.1 Å². The second-order valence-corrected chi connectivity index (χ2v) is 7.84. The minimum atomic E-state index is 0.404. The van der Waals surface area contributed by atoms with E-state index in [0.717, 1.165) is 46.3 Å². The standard InChI is InChI=1S/C19H22N6OS/c1-12(2)10-21-6-7-25-18-16(17(20)22-11-23-18)24-19(25)27-14-3-4-15-13(9-14)5-8-26-15/h3-5,8-9,11-12,21H,6-7,10H2,1-2H3,(H2,20,22,23). The van der Waals surface area contributed by atoms with E-state index in [9.17, 15) is 0 Å². The van der Waals surface area contributed by atoms with E-state index in [4.69, 9.17) is 15.1 Å². The lowest BCUT2D eigenvalue weighted by atomic mass is 10.2. The van der Waals surface area contributed by atoms with Gasteiger partial charge in [-0.2, -0.15) is 0 Å². The third kappa shape index (κ3) is 3.77. The fraction of sp³-hybridized carbons (Fsp3) is 0.316. The van der Waals surface area contributed by atoms with Crippen LogP contribution in [0.2, 0.25) is 0 Å². The lowest BCUT2D eigenvalue weighted by Crippen LogP contribution is -2.24. The van der Waals surface area contributed by atoms with Gasteiger partial charge in [-0.15, -0.1) is 0 Å². The van der Waals surface area contributed by atoms with Crippen LogP contribution in [0.15, 0.2) is 51.3 Å². The Kier molecular flexibility index (Phi) is 5.00. The maximum absolute atomic E-state index is 6.02. The monoisotopic (exact) mass is 382 g/mol. The number of nitrogens with zero attached hydrogens (tertiary/aromatic N) is 4. The van der Waals surface area contributed by atoms with Crippen LogP contribution in [-0.4, -0.2) is 32.6 Å². The number of hydrogen-bond donors (Lipinski definition) is 2. The van der Waals surface area contributed by atoms with Gasteiger partial charge in [0.2, 0.25) is 0 Å². The smallest absolute Gasteiger partial charge is 0.175 e. The minimum absolute atomic E-state index is 0.404. The molecule has 0 aliphatic carbocycles. The van der Waals surface area contributed by atoms with Gasteiger partial charge in [-0.25, -0.2) is 15.0 Å². The van der Waals surface area contributed by atoms with Gasteiger partial charge in [-0.1, -0.05) is 25.6 Å². The van der Waals surface area contributed by atoms with E-state index in [0.29, 0.717) is 17.3 Å². The van der Waals surface area contributed by atoms with Crippen LogP contribution in [0, 0.1) is 5.92 Å². The molecule has 4 rings (SSSR count). The summed E-state index contributed by atoms with van der Waals surface area (Å²) in [5, 5.41) is 5.39. The molecule has 0 aliphatic rings. The summed E-state index contributed by atoms with van der Waals surface area (Å²) in [4.78, 5) is 14.3. The van der Waals surface area contributed by atoms with Crippen LogP contribution in [0.3, 0.4) is 0 Å². The van der Waals surface area contributed by atoms with Gasteiger partial charge in [0.25, 0.3) is 0 Å². The topological polar surface area (TPSA) is 94.8 Å². The Bertz CT molecular complexity index is 1070. The molecule has 0 amide bonds. The first kappa shape index (κ1) is 17.8. The van der Waals surface area contributed by atoms with Gasteiger partial charge < -0.3 is 20.0 Å². The molecule has 3 N–H and O–H groups in total. The van der Waals surface area contributed by atoms with Crippen molar-refractivity contribution in [1.82, 2.24) is 24.8 Å². The van der Waals surface area contributed by atoms with E-state index in [1.54, 1.807) is 18.0 Å². The first-order chi connectivity index (χ1) is 13.1. The van der Waals surface area contributed by atoms with Gasteiger partial charge in [0, 0.05) is 23.4 Å². The molecule has 0 atom stereocenters. The highest BCUT2D eigenvalue weighted by atomic mass is 32.2. The molecule has 140 valence electrons. The van der Waals surface area contributed by atoms with Crippen molar-refractivity contribution in [1.29, 1.82) is 0 Å². The van der Waals surface area contributed by atoms with Gasteiger partial charge in [-0.05, 0) is 36.7 Å². The lowest BCUT2D eigenvalue weighted by Gasteiger charge is -2.10. The number of nitrogens with one attached hydrogen (secondary N) is 1. The van der Waals surface area contributed by atoms with Gasteiger partial charge in [0.05, 0.1) is 6.26 Å². The summed E-state index contributed by atoms with van der Waals surface area (Å²) in [6, 6.07) is 8.07. The van der Waals surface area contributed by atoms with Crippen molar-refractivity contribution in [2.75, 3.05) is 18.8 Å². The van der Waals surface area contributed by atoms with E-state index < -0.39 is 0 Å². The number of nitrogens with two attached hydrogens (primary N) is 1. The molecule has 0 radical (unpaired) electrons. The number of furan rings is 1. The summed E-state index contributed by atoms with van der Waals surface area (Å²) in [5.41, 5.74) is 8.31. The summed E-state index contributed by atoms with van der Waals surface area (Å²) >= 11 is 1.59. The van der Waals surface area contributed by atoms with Crippen LogP contribution >= 0.6 is 11.8 Å². The molecule has 0 aliphatic heterocycles. The highest BCUT2D eigenvalue weighted by molar-refractivity contribution is 7.99. The number of rotatable bonds is 7. The third-order valence-electron chi connectivity index (χ3n) is 4.22. The van der Waals surface area contributed by atoms with E-state index in [-0.39, 0.29) is 0 Å². The second-order valence-electron chi connectivity index (χ2n) is 6.80. The molecular weight excluding hydrogens is 360 g/mol. The number of nitrogen functional groups attached to an aromatic ring is 1. The fourth-order valence-electron chi connectivity index (χ4n) is 2.91. The average molecular weight is 382 g/mol. The summed E-state index contributed by atoms with van der Waals surface area (Å²) in [7, 11) is 0. The van der Waals surface area contributed by atoms with Crippen LogP contribution < -0.4 is 11.1 Å². The van der Waals surface area contributed by atoms with E-state index in [1.807, 2.05) is 18.2 Å². The van der Waals surface area contributed by atoms with Crippen LogP contribution in [0.4, 0.5) is 5.82 Å². The van der Waals surface area contributed by atoms with Crippen LogP contribution in [0.1, 0.15) is 13.8 Å². The molecule has 0 saturated carbocycles. The van der Waals surface area contributed by atoms with Gasteiger partial charge in [0.15, 0.2) is 22.1 Å². The number of imidazole rings is 1. The van der Waals surface area contributed by atoms with Crippen LogP contribution in [-0.2, 0) is 6.54 Å². The highest BCUT2D eigenvalue weighted by Gasteiger charge is 2.16. The van der Waals surface area contributed by atoms with E-state index >= 15 is 0 Å². The predicted octanol–water partition coefficient (Wildman–Crippen LogP) is 3.55. The molecule has 27 heavy (non-hydrogen) atoms. The number of anilines is 1. The molecule has 4 aromatic rings. The molecule has 8 heteroatoms. The largest absolute Gasteiger partial charge is 0.464 e. The van der Waals surface area contributed by atoms with Crippen molar-refractivity contribution in [2.45, 2.75) is 30.4 Å². The maximum Gasteiger partial charge on any atom is 0.175 e. The molecule has 0 spiro atoms. The molecule has 0 bridgehead atoms. The number of fused-ring (bicyclic) bond motifs is 2. The molecule has 0 fully saturated rings. The molecule has 3 heterocycles. The van der Waals surface area contributed by atoms with Crippen molar-refractivity contribution in [3.63, 3.8) is 0 Å². The van der Waals surface area contributed by atoms with Crippen molar-refractivity contribution in [3.05, 3.63) is 36.9 Å². The Morgan fingerprint density at radius 1 is 1.26 bits per heavy atom. The number of benzene rings is 1. The zero-order valence-corrected chi connectivity index (χ0v) is 16.2. The van der Waals surface area contributed by atoms with Crippen molar-refractivity contribution in [3.8, 4) is 0 Å². The van der Waals surface area contributed by atoms with E-state index in [2.05, 4.69) is 39.8 Å². The number of aromatic nitrogens is 4. The summed E-state index contributed by atoms with van der Waals surface area (Å²) in [5.74, 6) is 1.01. The highest BCUT2D eigenvalue weighted by Crippen LogP contribution is 2.32. The minimum Gasteiger partial charge on any atom is -0.464 e. The first-order valence-electron chi connectivity index (χ1n) is 8.94. The molecule has 7 nitrogen and oxygen atoms in total. The van der Waals surface area contributed by atoms with Gasteiger partial charge >= 0.3 is 0 Å². The zero-order valence-electron chi connectivity index (χ0n) is 15.3. The Morgan fingerprint density at radius 2 is 2.15 bits per heavy atom. The Morgan fingerprint density at radius 3 is 3.00 bits per heavy atom. The molecule has 1 aromatic carbocycles. The maximum atomic E-state index is 6.02. The predicted molar refractivity (Wildman–Crippen MR) is 108 cm³/mol. The molecule has 0 saturated heterocycles. The Hall–Kier alpha value is -2.58. The fourth-order valence-corrected chi connectivity index (χ4v) is 3.87. The average Bonchev–Trinajstić information content (AvgIpc) is 3.24. The Balaban J connectivity index is 1.65. The van der Waals surface area contributed by atoms with E-state index in [1.165, 1.54) is 6.33 Å². The number of hydrogen-bond acceptors (Lipinski definition) is 7. The lowest BCUT2D eigenvalue weighted by molar-refractivity contribution is 0.516. The molecule has 0 unspecified atom stereocenters. The Labute approximate surface area is 161 Å². The molecule has 3 aromatic heterocycles. The summed E-state index contributed by atoms with van der Waals surface area (Å²) in [6.45, 7) is 6.96. The van der Waals surface area contributed by atoms with Gasteiger partial charge in [-0.3, -0.25) is 0 Å². The quantitative estimate of drug-likeness (QED) is 0.472. The summed E-state index contributed by atoms with van der Waals surface area (Å²) < 4.78 is 7.52. The van der Waals surface area contributed by atoms with Crippen molar-refractivity contribution < 1.29 is 4.42 Å². The van der Waals surface area contributed by atoms with Crippen molar-refractivity contribution >= 4 is 39.7 Å². The summed E-state index contributed by atoms with van der Waals surface area (Å²) in [6.07, 6.45) is 3.19. The molecular formula is C19H22N6OS. The van der Waals surface area contributed by atoms with Crippen LogP contribution in [0.5, 0.6) is 0 Å².